The summed E-state index contributed by atoms with van der Waals surface area (Å²) in [7, 11) is -2.58. The average molecular weight is 384 g/mol. The van der Waals surface area contributed by atoms with Crippen LogP contribution >= 0.6 is 11.6 Å². The number of hydrogen-bond acceptors (Lipinski definition) is 4. The van der Waals surface area contributed by atoms with Crippen LogP contribution in [0.5, 0.6) is 5.75 Å². The van der Waals surface area contributed by atoms with Crippen molar-refractivity contribution < 1.29 is 23.1 Å². The average Bonchev–Trinajstić information content (AvgIpc) is 2.59. The van der Waals surface area contributed by atoms with Gasteiger partial charge in [-0.1, -0.05) is 41.9 Å². The highest BCUT2D eigenvalue weighted by molar-refractivity contribution is 7.89. The van der Waals surface area contributed by atoms with E-state index in [1.807, 2.05) is 30.3 Å². The van der Waals surface area contributed by atoms with Crippen molar-refractivity contribution in [2.45, 2.75) is 11.3 Å². The van der Waals surface area contributed by atoms with E-state index in [2.05, 4.69) is 0 Å². The number of carboxylic acids is 1. The van der Waals surface area contributed by atoms with Crippen molar-refractivity contribution >= 4 is 27.6 Å². The summed E-state index contributed by atoms with van der Waals surface area (Å²) in [4.78, 5) is 11.0. The predicted molar refractivity (Wildman–Crippen MR) is 94.5 cm³/mol. The van der Waals surface area contributed by atoms with E-state index in [9.17, 15) is 13.2 Å². The summed E-state index contributed by atoms with van der Waals surface area (Å²) in [5.74, 6) is -0.883. The Bertz CT molecular complexity index is 839. The Hall–Kier alpha value is -2.09. The van der Waals surface area contributed by atoms with E-state index in [0.29, 0.717) is 12.2 Å². The maximum atomic E-state index is 12.8. The number of aliphatic carboxylic acids is 1. The molecule has 2 aromatic carbocycles. The number of benzene rings is 2. The fourth-order valence-corrected chi connectivity index (χ4v) is 4.03. The minimum atomic E-state index is -4.00. The first-order valence-corrected chi connectivity index (χ1v) is 9.26. The Labute approximate surface area is 151 Å². The largest absolute Gasteiger partial charge is 0.495 e. The molecule has 0 aliphatic heterocycles. The maximum absolute atomic E-state index is 12.8. The van der Waals surface area contributed by atoms with E-state index in [0.717, 1.165) is 9.87 Å². The molecule has 6 nitrogen and oxygen atoms in total. The summed E-state index contributed by atoms with van der Waals surface area (Å²) in [6, 6.07) is 13.3. The summed E-state index contributed by atoms with van der Waals surface area (Å²) in [6.45, 7) is -0.582. The first kappa shape index (κ1) is 19.2. The fraction of sp³-hybridized carbons (Fsp3) is 0.235. The number of carbonyl (C=O) groups is 1. The second kappa shape index (κ2) is 8.33. The zero-order valence-corrected chi connectivity index (χ0v) is 15.1. The number of sulfonamides is 1. The minimum absolute atomic E-state index is 0.0439. The Morgan fingerprint density at radius 1 is 1.20 bits per heavy atom. The molecule has 1 N–H and O–H groups in total. The first-order chi connectivity index (χ1) is 11.8. The van der Waals surface area contributed by atoms with Gasteiger partial charge in [-0.3, -0.25) is 4.79 Å². The predicted octanol–water partition coefficient (Wildman–Crippen LogP) is 2.67. The number of halogens is 1. The molecule has 0 atom stereocenters. The summed E-state index contributed by atoms with van der Waals surface area (Å²) in [5, 5.41) is 9.22. The van der Waals surface area contributed by atoms with Crippen LogP contribution in [0.25, 0.3) is 0 Å². The van der Waals surface area contributed by atoms with Crippen LogP contribution in [0.15, 0.2) is 53.4 Å². The summed E-state index contributed by atoms with van der Waals surface area (Å²) in [5.41, 5.74) is 0.917. The standard InChI is InChI=1S/C17H18ClNO5S/c1-24-16-8-7-14(11-15(16)18)25(22,23)19(12-17(20)21)10-9-13-5-3-2-4-6-13/h2-8,11H,9-10,12H2,1H3,(H,20,21). The molecule has 0 saturated heterocycles. The zero-order chi connectivity index (χ0) is 18.4. The van der Waals surface area contributed by atoms with Crippen molar-refractivity contribution in [1.29, 1.82) is 0 Å². The number of carboxylic acid groups (broad SMARTS) is 1. The van der Waals surface area contributed by atoms with Crippen molar-refractivity contribution in [2.24, 2.45) is 0 Å². The SMILES string of the molecule is COc1ccc(S(=O)(=O)N(CCc2ccccc2)CC(=O)O)cc1Cl. The third-order valence-corrected chi connectivity index (χ3v) is 5.70. The molecule has 0 spiro atoms. The number of nitrogens with zero attached hydrogens (tertiary/aromatic N) is 1. The van der Waals surface area contributed by atoms with Crippen LogP contribution in [0.2, 0.25) is 5.02 Å². The third-order valence-electron chi connectivity index (χ3n) is 3.57. The Balaban J connectivity index is 2.28. The van der Waals surface area contributed by atoms with Gasteiger partial charge in [0, 0.05) is 6.54 Å². The molecule has 0 aliphatic rings. The van der Waals surface area contributed by atoms with Gasteiger partial charge in [-0.25, -0.2) is 8.42 Å². The van der Waals surface area contributed by atoms with Gasteiger partial charge in [-0.15, -0.1) is 0 Å². The monoisotopic (exact) mass is 383 g/mol. The smallest absolute Gasteiger partial charge is 0.318 e. The van der Waals surface area contributed by atoms with Crippen molar-refractivity contribution in [1.82, 2.24) is 4.31 Å². The van der Waals surface area contributed by atoms with E-state index < -0.39 is 22.5 Å². The van der Waals surface area contributed by atoms with Crippen molar-refractivity contribution in [3.05, 3.63) is 59.1 Å². The molecule has 134 valence electrons. The maximum Gasteiger partial charge on any atom is 0.318 e. The van der Waals surface area contributed by atoms with Gasteiger partial charge >= 0.3 is 5.97 Å². The lowest BCUT2D eigenvalue weighted by Gasteiger charge is -2.21. The number of methoxy groups -OCH3 is 1. The number of rotatable bonds is 8. The molecule has 0 radical (unpaired) electrons. The molecule has 0 unspecified atom stereocenters. The summed E-state index contributed by atoms with van der Waals surface area (Å²) in [6.07, 6.45) is 0.400. The number of hydrogen-bond donors (Lipinski definition) is 1. The van der Waals surface area contributed by atoms with E-state index >= 15 is 0 Å². The lowest BCUT2D eigenvalue weighted by atomic mass is 10.1. The fourth-order valence-electron chi connectivity index (χ4n) is 2.29. The van der Waals surface area contributed by atoms with Crippen molar-refractivity contribution in [2.75, 3.05) is 20.2 Å². The van der Waals surface area contributed by atoms with E-state index in [1.54, 1.807) is 0 Å². The van der Waals surface area contributed by atoms with Gasteiger partial charge in [0.25, 0.3) is 0 Å². The molecule has 0 bridgehead atoms. The van der Waals surface area contributed by atoms with E-state index in [4.69, 9.17) is 21.4 Å². The Morgan fingerprint density at radius 2 is 1.88 bits per heavy atom. The summed E-state index contributed by atoms with van der Waals surface area (Å²) >= 11 is 5.99. The van der Waals surface area contributed by atoms with Crippen LogP contribution in [0.3, 0.4) is 0 Å². The molecular weight excluding hydrogens is 366 g/mol. The van der Waals surface area contributed by atoms with Crippen LogP contribution in [-0.4, -0.2) is 44.0 Å². The van der Waals surface area contributed by atoms with Crippen LogP contribution in [0.4, 0.5) is 0 Å². The van der Waals surface area contributed by atoms with E-state index in [-0.39, 0.29) is 16.5 Å². The topological polar surface area (TPSA) is 83.9 Å². The Kier molecular flexibility index (Phi) is 6.41. The van der Waals surface area contributed by atoms with Gasteiger partial charge < -0.3 is 9.84 Å². The number of ether oxygens (including phenoxy) is 1. The first-order valence-electron chi connectivity index (χ1n) is 7.44. The molecule has 0 aliphatic carbocycles. The molecule has 25 heavy (non-hydrogen) atoms. The lowest BCUT2D eigenvalue weighted by molar-refractivity contribution is -0.137. The third kappa shape index (κ3) is 4.94. The van der Waals surface area contributed by atoms with Gasteiger partial charge in [-0.05, 0) is 30.2 Å². The quantitative estimate of drug-likeness (QED) is 0.757. The summed E-state index contributed by atoms with van der Waals surface area (Å²) < 4.78 is 31.5. The van der Waals surface area contributed by atoms with Crippen LogP contribution in [0, 0.1) is 0 Å². The zero-order valence-electron chi connectivity index (χ0n) is 13.6. The molecule has 2 aromatic rings. The highest BCUT2D eigenvalue weighted by Gasteiger charge is 2.27. The van der Waals surface area contributed by atoms with Crippen LogP contribution in [-0.2, 0) is 21.2 Å². The minimum Gasteiger partial charge on any atom is -0.495 e. The van der Waals surface area contributed by atoms with Crippen molar-refractivity contribution in [3.8, 4) is 5.75 Å². The molecule has 0 aromatic heterocycles. The second-order valence-corrected chi connectivity index (χ2v) is 7.61. The molecular formula is C17H18ClNO5S. The van der Waals surface area contributed by atoms with Crippen molar-refractivity contribution in [3.63, 3.8) is 0 Å². The molecule has 0 amide bonds. The molecule has 0 saturated carbocycles. The molecule has 8 heteroatoms. The van der Waals surface area contributed by atoms with Gasteiger partial charge in [0.15, 0.2) is 0 Å². The lowest BCUT2D eigenvalue weighted by Crippen LogP contribution is -2.37. The molecule has 0 fully saturated rings. The van der Waals surface area contributed by atoms with Gasteiger partial charge in [-0.2, -0.15) is 4.31 Å². The molecule has 0 heterocycles. The normalized spacial score (nSPS) is 11.5. The van der Waals surface area contributed by atoms with E-state index in [1.165, 1.54) is 25.3 Å². The van der Waals surface area contributed by atoms with Gasteiger partial charge in [0.05, 0.1) is 17.0 Å². The van der Waals surface area contributed by atoms with Gasteiger partial charge in [0.2, 0.25) is 10.0 Å². The van der Waals surface area contributed by atoms with Gasteiger partial charge in [0.1, 0.15) is 12.3 Å². The highest BCUT2D eigenvalue weighted by Crippen LogP contribution is 2.28. The molecule has 2 rings (SSSR count). The second-order valence-electron chi connectivity index (χ2n) is 5.26. The van der Waals surface area contributed by atoms with Crippen LogP contribution < -0.4 is 4.74 Å². The Morgan fingerprint density at radius 3 is 2.44 bits per heavy atom. The highest BCUT2D eigenvalue weighted by atomic mass is 35.5. The van der Waals surface area contributed by atoms with Crippen LogP contribution in [0.1, 0.15) is 5.56 Å².